The van der Waals surface area contributed by atoms with Crippen LogP contribution in [0.4, 0.5) is 4.39 Å². The largest absolute Gasteiger partial charge is 0.563 e. The smallest absolute Gasteiger partial charge is 0.534 e. The molecule has 19 heavy (non-hydrogen) atoms. The second kappa shape index (κ2) is 4.70. The lowest BCUT2D eigenvalue weighted by Gasteiger charge is -2.15. The molecular formula is C13H14BFO4. The lowest BCUT2D eigenvalue weighted by molar-refractivity contribution is 0.0595. The second-order valence-corrected chi connectivity index (χ2v) is 4.73. The zero-order valence-electron chi connectivity index (χ0n) is 11.0. The summed E-state index contributed by atoms with van der Waals surface area (Å²) in [6.07, 6.45) is 0. The number of benzene rings is 1. The minimum absolute atomic E-state index is 0.150. The highest BCUT2D eigenvalue weighted by Gasteiger charge is 2.43. The summed E-state index contributed by atoms with van der Waals surface area (Å²) in [6.45, 7) is 7.40. The summed E-state index contributed by atoms with van der Waals surface area (Å²) in [5, 5.41) is 0. The maximum atomic E-state index is 13.5. The van der Waals surface area contributed by atoms with Crippen molar-refractivity contribution in [3.8, 4) is 0 Å². The highest BCUT2D eigenvalue weighted by molar-refractivity contribution is 6.62. The van der Waals surface area contributed by atoms with Crippen molar-refractivity contribution in [3.63, 3.8) is 0 Å². The molecule has 0 unspecified atom stereocenters. The van der Waals surface area contributed by atoms with Crippen molar-refractivity contribution in [1.29, 1.82) is 0 Å². The maximum Gasteiger partial charge on any atom is 0.563 e. The standard InChI is InChI=1S/C13H14BFO4/c1-8-13(2,3)19-14(18-8)9-5-6-11(15)10(7-9)12(16)17-4/h5-7H,1H2,2-4H3. The minimum Gasteiger partial charge on any atom is -0.534 e. The van der Waals surface area contributed by atoms with E-state index < -0.39 is 24.5 Å². The number of methoxy groups -OCH3 is 1. The molecule has 1 aliphatic heterocycles. The molecule has 0 N–H and O–H groups in total. The van der Waals surface area contributed by atoms with Gasteiger partial charge in [0.15, 0.2) is 0 Å². The summed E-state index contributed by atoms with van der Waals surface area (Å²) in [5.41, 5.74) is -0.235. The predicted molar refractivity (Wildman–Crippen MR) is 68.5 cm³/mol. The van der Waals surface area contributed by atoms with Gasteiger partial charge in [0.1, 0.15) is 11.4 Å². The maximum absolute atomic E-state index is 13.5. The van der Waals surface area contributed by atoms with Gasteiger partial charge in [0.2, 0.25) is 0 Å². The molecule has 0 saturated carbocycles. The molecule has 1 fully saturated rings. The number of carbonyl (C=O) groups excluding carboxylic acids is 1. The fourth-order valence-corrected chi connectivity index (χ4v) is 1.72. The van der Waals surface area contributed by atoms with Gasteiger partial charge >= 0.3 is 13.1 Å². The Morgan fingerprint density at radius 1 is 1.47 bits per heavy atom. The van der Waals surface area contributed by atoms with Gasteiger partial charge in [-0.2, -0.15) is 0 Å². The Balaban J connectivity index is 2.33. The summed E-state index contributed by atoms with van der Waals surface area (Å²) in [4.78, 5) is 11.4. The Labute approximate surface area is 111 Å². The first-order chi connectivity index (χ1) is 8.85. The van der Waals surface area contributed by atoms with E-state index in [0.29, 0.717) is 11.2 Å². The normalized spacial score (nSPS) is 17.3. The lowest BCUT2D eigenvalue weighted by Crippen LogP contribution is -2.35. The van der Waals surface area contributed by atoms with Gasteiger partial charge in [-0.3, -0.25) is 0 Å². The Bertz CT molecular complexity index is 541. The van der Waals surface area contributed by atoms with Crippen LogP contribution in [0.15, 0.2) is 30.5 Å². The van der Waals surface area contributed by atoms with Gasteiger partial charge in [-0.05, 0) is 31.4 Å². The third-order valence-electron chi connectivity index (χ3n) is 2.99. The van der Waals surface area contributed by atoms with E-state index in [2.05, 4.69) is 11.3 Å². The van der Waals surface area contributed by atoms with Crippen molar-refractivity contribution < 1.29 is 23.2 Å². The van der Waals surface area contributed by atoms with Crippen LogP contribution in [0, 0.1) is 5.82 Å². The molecule has 1 aromatic carbocycles. The first kappa shape index (κ1) is 13.6. The highest BCUT2D eigenvalue weighted by Crippen LogP contribution is 2.29. The van der Waals surface area contributed by atoms with Crippen LogP contribution < -0.4 is 5.46 Å². The number of ether oxygens (including phenoxy) is 1. The van der Waals surface area contributed by atoms with Crippen LogP contribution in [-0.4, -0.2) is 25.8 Å². The summed E-state index contributed by atoms with van der Waals surface area (Å²) >= 11 is 0. The van der Waals surface area contributed by atoms with Crippen LogP contribution in [0.1, 0.15) is 24.2 Å². The average Bonchev–Trinajstić information content (AvgIpc) is 2.63. The summed E-state index contributed by atoms with van der Waals surface area (Å²) in [7, 11) is 0.494. The molecule has 6 heteroatoms. The monoisotopic (exact) mass is 264 g/mol. The molecule has 0 aliphatic carbocycles. The molecule has 1 aromatic rings. The molecule has 1 aliphatic rings. The Morgan fingerprint density at radius 3 is 2.68 bits per heavy atom. The van der Waals surface area contributed by atoms with E-state index in [1.165, 1.54) is 25.3 Å². The highest BCUT2D eigenvalue weighted by atomic mass is 19.1. The summed E-state index contributed by atoms with van der Waals surface area (Å²) in [6, 6.07) is 4.05. The van der Waals surface area contributed by atoms with Gasteiger partial charge < -0.3 is 14.0 Å². The minimum atomic E-state index is -0.740. The molecular weight excluding hydrogens is 250 g/mol. The third kappa shape index (κ3) is 2.49. The average molecular weight is 264 g/mol. The first-order valence-electron chi connectivity index (χ1n) is 5.77. The van der Waals surface area contributed by atoms with Crippen molar-refractivity contribution in [2.75, 3.05) is 7.11 Å². The van der Waals surface area contributed by atoms with E-state index >= 15 is 0 Å². The van der Waals surface area contributed by atoms with Crippen molar-refractivity contribution in [2.45, 2.75) is 19.4 Å². The van der Waals surface area contributed by atoms with Crippen LogP contribution in [-0.2, 0) is 14.0 Å². The topological polar surface area (TPSA) is 44.8 Å². The molecule has 0 spiro atoms. The van der Waals surface area contributed by atoms with Gasteiger partial charge in [-0.1, -0.05) is 12.6 Å². The first-order valence-corrected chi connectivity index (χ1v) is 5.77. The van der Waals surface area contributed by atoms with E-state index in [9.17, 15) is 9.18 Å². The molecule has 100 valence electrons. The molecule has 4 nitrogen and oxygen atoms in total. The van der Waals surface area contributed by atoms with Crippen LogP contribution in [0.2, 0.25) is 0 Å². The molecule has 1 saturated heterocycles. The zero-order chi connectivity index (χ0) is 14.2. The number of hydrogen-bond acceptors (Lipinski definition) is 4. The SMILES string of the molecule is C=C1OB(c2ccc(F)c(C(=O)OC)c2)OC1(C)C. The summed E-state index contributed by atoms with van der Waals surface area (Å²) in [5.74, 6) is -0.899. The Hall–Kier alpha value is -1.82. The quantitative estimate of drug-likeness (QED) is 0.601. The fraction of sp³-hybridized carbons (Fsp3) is 0.308. The molecule has 0 bridgehead atoms. The number of rotatable bonds is 2. The summed E-state index contributed by atoms with van der Waals surface area (Å²) < 4.78 is 29.2. The van der Waals surface area contributed by atoms with Crippen molar-refractivity contribution >= 4 is 18.6 Å². The van der Waals surface area contributed by atoms with Crippen LogP contribution >= 0.6 is 0 Å². The molecule has 0 atom stereocenters. The van der Waals surface area contributed by atoms with Crippen LogP contribution in [0.3, 0.4) is 0 Å². The molecule has 0 amide bonds. The van der Waals surface area contributed by atoms with Crippen molar-refractivity contribution in [2.24, 2.45) is 0 Å². The number of halogens is 1. The van der Waals surface area contributed by atoms with E-state index in [4.69, 9.17) is 9.31 Å². The van der Waals surface area contributed by atoms with Gasteiger partial charge in [0.25, 0.3) is 0 Å². The molecule has 0 aromatic heterocycles. The van der Waals surface area contributed by atoms with E-state index in [-0.39, 0.29) is 5.56 Å². The second-order valence-electron chi connectivity index (χ2n) is 4.73. The van der Waals surface area contributed by atoms with Crippen molar-refractivity contribution in [3.05, 3.63) is 41.9 Å². The zero-order valence-corrected chi connectivity index (χ0v) is 11.0. The van der Waals surface area contributed by atoms with Gasteiger partial charge in [0.05, 0.1) is 18.4 Å². The lowest BCUT2D eigenvalue weighted by atomic mass is 9.78. The van der Waals surface area contributed by atoms with E-state index in [1.54, 1.807) is 0 Å². The van der Waals surface area contributed by atoms with E-state index in [1.807, 2.05) is 13.8 Å². The molecule has 2 rings (SSSR count). The Kier molecular flexibility index (Phi) is 3.37. The molecule has 1 heterocycles. The molecule has 0 radical (unpaired) electrons. The number of carbonyl (C=O) groups is 1. The Morgan fingerprint density at radius 2 is 2.16 bits per heavy atom. The fourth-order valence-electron chi connectivity index (χ4n) is 1.72. The third-order valence-corrected chi connectivity index (χ3v) is 2.99. The van der Waals surface area contributed by atoms with Crippen LogP contribution in [0.25, 0.3) is 0 Å². The van der Waals surface area contributed by atoms with Gasteiger partial charge in [-0.15, -0.1) is 0 Å². The number of hydrogen-bond donors (Lipinski definition) is 0. The van der Waals surface area contributed by atoms with Crippen molar-refractivity contribution in [1.82, 2.24) is 0 Å². The van der Waals surface area contributed by atoms with Gasteiger partial charge in [0, 0.05) is 0 Å². The number of esters is 1. The van der Waals surface area contributed by atoms with Gasteiger partial charge in [-0.25, -0.2) is 9.18 Å². The van der Waals surface area contributed by atoms with E-state index in [0.717, 1.165) is 0 Å². The van der Waals surface area contributed by atoms with Crippen LogP contribution in [0.5, 0.6) is 0 Å². The predicted octanol–water partition coefficient (Wildman–Crippen LogP) is 1.65.